The molecular weight excluding hydrogens is 284 g/mol. The maximum atomic E-state index is 11.5. The molecule has 0 bridgehead atoms. The number of rotatable bonds is 1. The van der Waals surface area contributed by atoms with E-state index >= 15 is 0 Å². The van der Waals surface area contributed by atoms with Gasteiger partial charge in [-0.15, -0.1) is 0 Å². The fourth-order valence-electron chi connectivity index (χ4n) is 3.76. The van der Waals surface area contributed by atoms with Crippen LogP contribution in [0.25, 0.3) is 21.9 Å². The molecule has 0 amide bonds. The Bertz CT molecular complexity index is 951. The molecule has 0 saturated carbocycles. The van der Waals surface area contributed by atoms with Gasteiger partial charge < -0.3 is 4.74 Å². The van der Waals surface area contributed by atoms with Gasteiger partial charge in [-0.3, -0.25) is 4.79 Å². The van der Waals surface area contributed by atoms with E-state index in [1.165, 1.54) is 29.2 Å². The summed E-state index contributed by atoms with van der Waals surface area (Å²) in [6.07, 6.45) is 0. The molecule has 0 radical (unpaired) electrons. The summed E-state index contributed by atoms with van der Waals surface area (Å²) in [5.74, 6) is 0.358. The van der Waals surface area contributed by atoms with Crippen molar-refractivity contribution in [2.24, 2.45) is 0 Å². The SMILES string of the molecule is CC(=O)Oc1cc2c(c3ccccc13)-c1ccccc1C2(C)C. The van der Waals surface area contributed by atoms with Crippen LogP contribution in [-0.2, 0) is 10.2 Å². The van der Waals surface area contributed by atoms with Gasteiger partial charge in [0.15, 0.2) is 0 Å². The van der Waals surface area contributed by atoms with Gasteiger partial charge in [0.2, 0.25) is 0 Å². The first-order chi connectivity index (χ1) is 11.0. The van der Waals surface area contributed by atoms with E-state index in [0.29, 0.717) is 5.75 Å². The molecule has 0 aromatic heterocycles. The molecule has 1 aliphatic carbocycles. The molecule has 0 heterocycles. The van der Waals surface area contributed by atoms with Gasteiger partial charge in [-0.25, -0.2) is 0 Å². The number of ether oxygens (including phenoxy) is 1. The van der Waals surface area contributed by atoms with Gasteiger partial charge >= 0.3 is 5.97 Å². The summed E-state index contributed by atoms with van der Waals surface area (Å²) in [4.78, 5) is 11.5. The predicted octanol–water partition coefficient (Wildman–Crippen LogP) is 5.07. The van der Waals surface area contributed by atoms with Crippen molar-refractivity contribution in [1.82, 2.24) is 0 Å². The molecule has 3 aromatic rings. The molecule has 0 atom stereocenters. The van der Waals surface area contributed by atoms with Crippen LogP contribution in [0.2, 0.25) is 0 Å². The van der Waals surface area contributed by atoms with Gasteiger partial charge in [-0.1, -0.05) is 62.4 Å². The lowest BCUT2D eigenvalue weighted by molar-refractivity contribution is -0.131. The Balaban J connectivity index is 2.14. The third-order valence-corrected chi connectivity index (χ3v) is 4.80. The highest BCUT2D eigenvalue weighted by molar-refractivity contribution is 6.05. The molecule has 0 N–H and O–H groups in total. The van der Waals surface area contributed by atoms with E-state index in [9.17, 15) is 4.79 Å². The molecule has 23 heavy (non-hydrogen) atoms. The van der Waals surface area contributed by atoms with Crippen molar-refractivity contribution < 1.29 is 9.53 Å². The van der Waals surface area contributed by atoms with Gasteiger partial charge in [0, 0.05) is 17.7 Å². The van der Waals surface area contributed by atoms with Gasteiger partial charge in [0.05, 0.1) is 0 Å². The van der Waals surface area contributed by atoms with E-state index in [-0.39, 0.29) is 11.4 Å². The Kier molecular flexibility index (Phi) is 2.86. The lowest BCUT2D eigenvalue weighted by Crippen LogP contribution is -2.15. The Morgan fingerprint density at radius 2 is 1.57 bits per heavy atom. The fraction of sp³-hybridized carbons (Fsp3) is 0.190. The van der Waals surface area contributed by atoms with Crippen molar-refractivity contribution in [2.75, 3.05) is 0 Å². The Hall–Kier alpha value is -2.61. The molecule has 3 aromatic carbocycles. The second-order valence-corrected chi connectivity index (χ2v) is 6.61. The molecule has 4 rings (SSSR count). The topological polar surface area (TPSA) is 26.3 Å². The summed E-state index contributed by atoms with van der Waals surface area (Å²) < 4.78 is 5.51. The first-order valence-corrected chi connectivity index (χ1v) is 7.84. The summed E-state index contributed by atoms with van der Waals surface area (Å²) in [6.45, 7) is 5.90. The summed E-state index contributed by atoms with van der Waals surface area (Å²) in [5.41, 5.74) is 4.97. The van der Waals surface area contributed by atoms with E-state index in [4.69, 9.17) is 4.74 Å². The summed E-state index contributed by atoms with van der Waals surface area (Å²) in [7, 11) is 0. The minimum Gasteiger partial charge on any atom is -0.426 e. The Morgan fingerprint density at radius 3 is 2.30 bits per heavy atom. The highest BCUT2D eigenvalue weighted by Crippen LogP contribution is 2.52. The minimum absolute atomic E-state index is 0.106. The third-order valence-electron chi connectivity index (χ3n) is 4.80. The minimum atomic E-state index is -0.288. The first kappa shape index (κ1) is 14.0. The molecule has 0 saturated heterocycles. The zero-order valence-electron chi connectivity index (χ0n) is 13.5. The fourth-order valence-corrected chi connectivity index (χ4v) is 3.76. The molecule has 2 nitrogen and oxygen atoms in total. The smallest absolute Gasteiger partial charge is 0.308 e. The standard InChI is InChI=1S/C21H18O2/c1-13(22)23-19-12-18-20(15-9-5-4-8-14(15)19)16-10-6-7-11-17(16)21(18,2)3/h4-12H,1-3H3. The molecule has 0 aliphatic heterocycles. The molecule has 114 valence electrons. The number of carbonyl (C=O) groups excluding carboxylic acids is 1. The van der Waals surface area contributed by atoms with Crippen LogP contribution in [0.3, 0.4) is 0 Å². The molecule has 1 aliphatic rings. The quantitative estimate of drug-likeness (QED) is 0.463. The number of carbonyl (C=O) groups is 1. The largest absolute Gasteiger partial charge is 0.426 e. The van der Waals surface area contributed by atoms with Crippen LogP contribution >= 0.6 is 0 Å². The maximum absolute atomic E-state index is 11.5. The monoisotopic (exact) mass is 302 g/mol. The van der Waals surface area contributed by atoms with E-state index in [0.717, 1.165) is 10.8 Å². The van der Waals surface area contributed by atoms with Crippen LogP contribution in [0.4, 0.5) is 0 Å². The van der Waals surface area contributed by atoms with Crippen molar-refractivity contribution >= 4 is 16.7 Å². The van der Waals surface area contributed by atoms with Crippen LogP contribution in [0, 0.1) is 0 Å². The normalized spacial score (nSPS) is 14.4. The second-order valence-electron chi connectivity index (χ2n) is 6.61. The predicted molar refractivity (Wildman–Crippen MR) is 92.8 cm³/mol. The van der Waals surface area contributed by atoms with Crippen LogP contribution in [0.15, 0.2) is 54.6 Å². The number of hydrogen-bond donors (Lipinski definition) is 0. The highest BCUT2D eigenvalue weighted by atomic mass is 16.5. The Labute approximate surface area is 135 Å². The second kappa shape index (κ2) is 4.69. The molecule has 0 spiro atoms. The molecule has 0 fully saturated rings. The number of fused-ring (bicyclic) bond motifs is 5. The third kappa shape index (κ3) is 1.91. The highest BCUT2D eigenvalue weighted by Gasteiger charge is 2.37. The van der Waals surface area contributed by atoms with Crippen molar-refractivity contribution in [3.63, 3.8) is 0 Å². The maximum Gasteiger partial charge on any atom is 0.308 e. The lowest BCUT2D eigenvalue weighted by atomic mass is 9.82. The molecular formula is C21H18O2. The van der Waals surface area contributed by atoms with Crippen molar-refractivity contribution in [3.8, 4) is 16.9 Å². The van der Waals surface area contributed by atoms with E-state index < -0.39 is 0 Å². The average Bonchev–Trinajstić information content (AvgIpc) is 2.76. The van der Waals surface area contributed by atoms with Gasteiger partial charge in [0.25, 0.3) is 0 Å². The van der Waals surface area contributed by atoms with Crippen LogP contribution < -0.4 is 4.74 Å². The van der Waals surface area contributed by atoms with Gasteiger partial charge in [0.1, 0.15) is 5.75 Å². The van der Waals surface area contributed by atoms with Crippen LogP contribution in [0.1, 0.15) is 31.9 Å². The summed E-state index contributed by atoms with van der Waals surface area (Å²) in [6, 6.07) is 18.7. The zero-order chi connectivity index (χ0) is 16.2. The molecule has 2 heteroatoms. The first-order valence-electron chi connectivity index (χ1n) is 7.84. The summed E-state index contributed by atoms with van der Waals surface area (Å²) in [5, 5.41) is 2.12. The molecule has 0 unspecified atom stereocenters. The van der Waals surface area contributed by atoms with Crippen molar-refractivity contribution in [3.05, 3.63) is 65.7 Å². The van der Waals surface area contributed by atoms with Crippen molar-refractivity contribution in [2.45, 2.75) is 26.2 Å². The lowest BCUT2D eigenvalue weighted by Gasteiger charge is -2.22. The number of hydrogen-bond acceptors (Lipinski definition) is 2. The van der Waals surface area contributed by atoms with Crippen LogP contribution in [0.5, 0.6) is 5.75 Å². The van der Waals surface area contributed by atoms with Crippen molar-refractivity contribution in [1.29, 1.82) is 0 Å². The Morgan fingerprint density at radius 1 is 0.913 bits per heavy atom. The number of benzene rings is 3. The zero-order valence-corrected chi connectivity index (χ0v) is 13.5. The summed E-state index contributed by atoms with van der Waals surface area (Å²) >= 11 is 0. The van der Waals surface area contributed by atoms with E-state index in [2.05, 4.69) is 44.2 Å². The van der Waals surface area contributed by atoms with Gasteiger partial charge in [-0.2, -0.15) is 0 Å². The number of esters is 1. The van der Waals surface area contributed by atoms with E-state index in [1.54, 1.807) is 0 Å². The average molecular weight is 302 g/mol. The van der Waals surface area contributed by atoms with Crippen LogP contribution in [-0.4, -0.2) is 5.97 Å². The van der Waals surface area contributed by atoms with E-state index in [1.807, 2.05) is 24.3 Å². The van der Waals surface area contributed by atoms with Gasteiger partial charge in [-0.05, 0) is 33.7 Å².